The van der Waals surface area contributed by atoms with Crippen LogP contribution in [0.1, 0.15) is 11.1 Å². The van der Waals surface area contributed by atoms with Crippen LogP contribution in [0.15, 0.2) is 55.1 Å². The molecule has 0 saturated carbocycles. The van der Waals surface area contributed by atoms with Gasteiger partial charge in [0.2, 0.25) is 11.3 Å². The second-order valence-corrected chi connectivity index (χ2v) is 6.05. The van der Waals surface area contributed by atoms with Crippen molar-refractivity contribution < 1.29 is 14.6 Å². The molecular weight excluding hydrogens is 370 g/mol. The molecule has 2 rings (SSSR count). The summed E-state index contributed by atoms with van der Waals surface area (Å²) >= 11 is 11.1. The molecule has 2 aromatic rings. The van der Waals surface area contributed by atoms with E-state index in [0.29, 0.717) is 34.8 Å². The van der Waals surface area contributed by atoms with Crippen LogP contribution in [-0.4, -0.2) is 25.0 Å². The van der Waals surface area contributed by atoms with E-state index in [-0.39, 0.29) is 0 Å². The molecule has 0 unspecified atom stereocenters. The number of para-hydroxylation sites is 1. The number of hydrogen-bond acceptors (Lipinski definition) is 3. The average Bonchev–Trinajstić information content (AvgIpc) is 2.65. The molecule has 136 valence electrons. The zero-order chi connectivity index (χ0) is 18.8. The second kappa shape index (κ2) is 10.4. The van der Waals surface area contributed by atoms with E-state index in [1.54, 1.807) is 19.4 Å². The van der Waals surface area contributed by atoms with Gasteiger partial charge >= 0.3 is 0 Å². The van der Waals surface area contributed by atoms with Gasteiger partial charge in [0.25, 0.3) is 0 Å². The molecule has 0 spiro atoms. The Morgan fingerprint density at radius 2 is 2.12 bits per heavy atom. The molecule has 0 atom stereocenters. The molecule has 0 bridgehead atoms. The van der Waals surface area contributed by atoms with Gasteiger partial charge in [-0.2, -0.15) is 0 Å². The number of methoxy groups -OCH3 is 1. The Balaban J connectivity index is 2.11. The lowest BCUT2D eigenvalue weighted by Gasteiger charge is -2.12. The van der Waals surface area contributed by atoms with Crippen molar-refractivity contribution in [3.05, 3.63) is 71.3 Å². The lowest BCUT2D eigenvalue weighted by molar-refractivity contribution is -0.500. The van der Waals surface area contributed by atoms with Gasteiger partial charge in [0, 0.05) is 11.6 Å². The summed E-state index contributed by atoms with van der Waals surface area (Å²) in [6, 6.07) is 13.2. The van der Waals surface area contributed by atoms with E-state index in [1.807, 2.05) is 42.5 Å². The number of halogens is 1. The molecule has 0 saturated heterocycles. The molecule has 0 aliphatic rings. The van der Waals surface area contributed by atoms with Crippen molar-refractivity contribution in [2.45, 2.75) is 6.61 Å². The topological polar surface area (TPSA) is 56.5 Å². The van der Waals surface area contributed by atoms with Gasteiger partial charge in [0.15, 0.2) is 11.5 Å². The number of ether oxygens (including phenoxy) is 2. The summed E-state index contributed by atoms with van der Waals surface area (Å²) in [4.78, 5) is 0. The number of nitrogens with one attached hydrogen (secondary N) is 3. The Morgan fingerprint density at radius 1 is 1.31 bits per heavy atom. The van der Waals surface area contributed by atoms with E-state index >= 15 is 0 Å². The minimum Gasteiger partial charge on any atom is -0.493 e. The van der Waals surface area contributed by atoms with Crippen molar-refractivity contribution in [1.82, 2.24) is 10.7 Å². The first-order valence-corrected chi connectivity index (χ1v) is 8.70. The number of rotatable bonds is 8. The summed E-state index contributed by atoms with van der Waals surface area (Å²) < 4.78 is 11.4. The third-order valence-electron chi connectivity index (χ3n) is 3.32. The lowest BCUT2D eigenvalue weighted by atomic mass is 10.2. The van der Waals surface area contributed by atoms with Gasteiger partial charge in [-0.1, -0.05) is 35.9 Å². The largest absolute Gasteiger partial charge is 0.493 e. The summed E-state index contributed by atoms with van der Waals surface area (Å²) in [5, 5.41) is 7.03. The zero-order valence-electron chi connectivity index (χ0n) is 14.4. The van der Waals surface area contributed by atoms with Crippen LogP contribution in [-0.2, 0) is 6.61 Å². The third-order valence-corrected chi connectivity index (χ3v) is 3.80. The van der Waals surface area contributed by atoms with Crippen molar-refractivity contribution in [1.29, 1.82) is 0 Å². The highest BCUT2D eigenvalue weighted by Gasteiger charge is 2.12. The van der Waals surface area contributed by atoms with Gasteiger partial charge in [-0.15, -0.1) is 17.1 Å². The molecule has 2 aromatic carbocycles. The maximum atomic E-state index is 6.02. The summed E-state index contributed by atoms with van der Waals surface area (Å²) in [6.45, 7) is 4.58. The highest BCUT2D eigenvalue weighted by atomic mass is 35.5. The van der Waals surface area contributed by atoms with Crippen LogP contribution in [0.25, 0.3) is 0 Å². The summed E-state index contributed by atoms with van der Waals surface area (Å²) in [7, 11) is 1.60. The third kappa shape index (κ3) is 6.06. The van der Waals surface area contributed by atoms with Crippen LogP contribution in [0, 0.1) is 0 Å². The van der Waals surface area contributed by atoms with Gasteiger partial charge in [0.1, 0.15) is 6.61 Å². The van der Waals surface area contributed by atoms with Gasteiger partial charge in [-0.05, 0) is 42.0 Å². The van der Waals surface area contributed by atoms with E-state index in [1.165, 1.54) is 0 Å². The number of hydrogen-bond donors (Lipinski definition) is 3. The molecule has 0 aliphatic heterocycles. The molecule has 0 aromatic heterocycles. The highest BCUT2D eigenvalue weighted by Crippen LogP contribution is 2.30. The molecule has 0 aliphatic carbocycles. The zero-order valence-corrected chi connectivity index (χ0v) is 16.0. The van der Waals surface area contributed by atoms with Crippen molar-refractivity contribution in [3.63, 3.8) is 0 Å². The minimum absolute atomic E-state index is 0.370. The van der Waals surface area contributed by atoms with Crippen molar-refractivity contribution in [2.24, 2.45) is 0 Å². The van der Waals surface area contributed by atoms with E-state index in [4.69, 9.17) is 33.3 Å². The lowest BCUT2D eigenvalue weighted by Crippen LogP contribution is -2.82. The van der Waals surface area contributed by atoms with Crippen LogP contribution in [0.5, 0.6) is 11.5 Å². The fourth-order valence-corrected chi connectivity index (χ4v) is 2.49. The molecular formula is C19H21ClN3O2S+. The number of hydrazone groups is 1. The Kier molecular flexibility index (Phi) is 7.92. The fourth-order valence-electron chi connectivity index (χ4n) is 2.13. The van der Waals surface area contributed by atoms with Crippen molar-refractivity contribution >= 4 is 35.1 Å². The maximum Gasteiger partial charge on any atom is 0.224 e. The number of thiocarbonyl (C=S) groups is 1. The van der Waals surface area contributed by atoms with Gasteiger partial charge < -0.3 is 14.8 Å². The molecule has 26 heavy (non-hydrogen) atoms. The highest BCUT2D eigenvalue weighted by molar-refractivity contribution is 7.80. The summed E-state index contributed by atoms with van der Waals surface area (Å²) in [6.07, 6.45) is 3.47. The van der Waals surface area contributed by atoms with E-state index in [2.05, 4.69) is 22.4 Å². The van der Waals surface area contributed by atoms with Gasteiger partial charge in [-0.3, -0.25) is 0 Å². The summed E-state index contributed by atoms with van der Waals surface area (Å²) in [5.74, 6) is 1.25. The first-order chi connectivity index (χ1) is 12.6. The van der Waals surface area contributed by atoms with Crippen molar-refractivity contribution in [3.8, 4) is 11.5 Å². The second-order valence-electron chi connectivity index (χ2n) is 5.21. The van der Waals surface area contributed by atoms with Crippen LogP contribution in [0.3, 0.4) is 0 Å². The van der Waals surface area contributed by atoms with E-state index < -0.39 is 0 Å². The number of hydrazine groups is 1. The minimum atomic E-state index is 0.370. The summed E-state index contributed by atoms with van der Waals surface area (Å²) in [5.41, 5.74) is 4.64. The van der Waals surface area contributed by atoms with Crippen molar-refractivity contribution in [2.75, 3.05) is 13.7 Å². The average molecular weight is 391 g/mol. The van der Waals surface area contributed by atoms with Crippen LogP contribution >= 0.6 is 23.8 Å². The van der Waals surface area contributed by atoms with Crippen LogP contribution in [0.4, 0.5) is 0 Å². The predicted octanol–water partition coefficient (Wildman–Crippen LogP) is 1.99. The molecule has 0 fully saturated rings. The Bertz CT molecular complexity index is 796. The molecule has 0 radical (unpaired) electrons. The molecule has 7 heteroatoms. The molecule has 5 nitrogen and oxygen atoms in total. The van der Waals surface area contributed by atoms with E-state index in [9.17, 15) is 0 Å². The Labute approximate surface area is 163 Å². The van der Waals surface area contributed by atoms with Crippen LogP contribution < -0.4 is 25.3 Å². The number of benzene rings is 2. The predicted molar refractivity (Wildman–Crippen MR) is 109 cm³/mol. The smallest absolute Gasteiger partial charge is 0.224 e. The standard InChI is InChI=1S/C19H20ClN3O2S/c1-3-10-21-19(26)23-22-12-15-7-5-9-17(24-2)18(15)25-13-14-6-4-8-16(20)11-14/h3-9,11-12H,1,10,13H2,2H3,(H2,21,23,26)/p+1. The van der Waals surface area contributed by atoms with E-state index in [0.717, 1.165) is 11.1 Å². The van der Waals surface area contributed by atoms with Gasteiger partial charge in [0.05, 0.1) is 12.7 Å². The van der Waals surface area contributed by atoms with Gasteiger partial charge in [-0.25, -0.2) is 0 Å². The molecule has 0 amide bonds. The Hall–Kier alpha value is -2.57. The molecule has 0 heterocycles. The SMILES string of the molecule is C=CCNC(=S)N[NH+]=Cc1cccc(OC)c1OCc1cccc(Cl)c1. The first kappa shape index (κ1) is 19.8. The normalized spacial score (nSPS) is 10.4. The monoisotopic (exact) mass is 390 g/mol. The Morgan fingerprint density at radius 3 is 2.85 bits per heavy atom. The first-order valence-electron chi connectivity index (χ1n) is 7.91. The molecule has 3 N–H and O–H groups in total. The fraction of sp³-hybridized carbons (Fsp3) is 0.158. The quantitative estimate of drug-likeness (QED) is 0.278. The van der Waals surface area contributed by atoms with Crippen LogP contribution in [0.2, 0.25) is 5.02 Å². The maximum absolute atomic E-state index is 6.02.